The van der Waals surface area contributed by atoms with Crippen LogP contribution in [0.25, 0.3) is 10.9 Å². The molecule has 0 unspecified atom stereocenters. The van der Waals surface area contributed by atoms with Gasteiger partial charge in [-0.15, -0.1) is 0 Å². The molecule has 1 fully saturated rings. The van der Waals surface area contributed by atoms with E-state index in [1.807, 2.05) is 12.1 Å². The number of nitrogens with zero attached hydrogens (tertiary/aromatic N) is 2. The molecule has 9 nitrogen and oxygen atoms in total. The van der Waals surface area contributed by atoms with Gasteiger partial charge in [-0.2, -0.15) is 0 Å². The van der Waals surface area contributed by atoms with Crippen LogP contribution in [-0.4, -0.2) is 93.8 Å². The maximum atomic E-state index is 12.9. The van der Waals surface area contributed by atoms with Crippen molar-refractivity contribution < 1.29 is 18.9 Å². The zero-order valence-electron chi connectivity index (χ0n) is 19.6. The van der Waals surface area contributed by atoms with E-state index in [-0.39, 0.29) is 5.56 Å². The molecule has 0 aliphatic carbocycles. The number of rotatable bonds is 11. The third-order valence-electron chi connectivity index (χ3n) is 5.67. The highest BCUT2D eigenvalue weighted by molar-refractivity contribution is 7.80. The first-order valence-electron chi connectivity index (χ1n) is 11.2. The summed E-state index contributed by atoms with van der Waals surface area (Å²) in [6.45, 7) is 6.63. The maximum Gasteiger partial charge on any atom is 0.253 e. The number of methoxy groups -OCH3 is 3. The fourth-order valence-corrected chi connectivity index (χ4v) is 4.02. The van der Waals surface area contributed by atoms with Gasteiger partial charge in [0.05, 0.1) is 39.5 Å². The van der Waals surface area contributed by atoms with Gasteiger partial charge in [0.25, 0.3) is 5.56 Å². The van der Waals surface area contributed by atoms with E-state index in [1.54, 1.807) is 27.4 Å². The van der Waals surface area contributed by atoms with Crippen molar-refractivity contribution in [1.82, 2.24) is 20.1 Å². The van der Waals surface area contributed by atoms with Crippen LogP contribution >= 0.6 is 12.2 Å². The summed E-state index contributed by atoms with van der Waals surface area (Å²) in [5, 5.41) is 4.80. The quantitative estimate of drug-likeness (QED) is 0.369. The minimum atomic E-state index is -0.145. The zero-order chi connectivity index (χ0) is 23.6. The number of morpholine rings is 1. The Morgan fingerprint density at radius 1 is 1.18 bits per heavy atom. The van der Waals surface area contributed by atoms with Crippen molar-refractivity contribution in [3.63, 3.8) is 0 Å². The van der Waals surface area contributed by atoms with Crippen LogP contribution in [0.4, 0.5) is 0 Å². The van der Waals surface area contributed by atoms with E-state index in [1.165, 1.54) is 0 Å². The molecule has 1 aromatic carbocycles. The number of thiocarbonyl (C=S) groups is 1. The second-order valence-electron chi connectivity index (χ2n) is 7.87. The number of benzene rings is 1. The Hall–Kier alpha value is -2.40. The molecule has 0 radical (unpaired) electrons. The number of nitrogens with one attached hydrogen (secondary N) is 2. The van der Waals surface area contributed by atoms with Gasteiger partial charge in [0.15, 0.2) is 16.6 Å². The Labute approximate surface area is 199 Å². The van der Waals surface area contributed by atoms with Crippen molar-refractivity contribution >= 4 is 28.2 Å². The molecule has 0 spiro atoms. The highest BCUT2D eigenvalue weighted by Gasteiger charge is 2.17. The standard InChI is InChI=1S/C23H34N4O5S/c1-29-10-4-5-24-23(33)27(7-6-26-8-11-32-12-9-26)16-18-13-17-14-20(30-2)21(31-3)15-19(17)25-22(18)28/h13-15H,4-12,16H2,1-3H3,(H,24,33)(H,25,28). The number of ether oxygens (including phenoxy) is 4. The fourth-order valence-electron chi connectivity index (χ4n) is 3.76. The first-order chi connectivity index (χ1) is 16.0. The summed E-state index contributed by atoms with van der Waals surface area (Å²) in [5.74, 6) is 1.18. The Morgan fingerprint density at radius 2 is 1.91 bits per heavy atom. The highest BCUT2D eigenvalue weighted by atomic mass is 32.1. The van der Waals surface area contributed by atoms with Gasteiger partial charge in [0.1, 0.15) is 0 Å². The average molecular weight is 479 g/mol. The molecule has 2 N–H and O–H groups in total. The number of aromatic nitrogens is 1. The van der Waals surface area contributed by atoms with Gasteiger partial charge in [0, 0.05) is 63.5 Å². The lowest BCUT2D eigenvalue weighted by Crippen LogP contribution is -2.46. The molecule has 1 saturated heterocycles. The second-order valence-corrected chi connectivity index (χ2v) is 8.26. The van der Waals surface area contributed by atoms with Gasteiger partial charge >= 0.3 is 0 Å². The van der Waals surface area contributed by atoms with Crippen LogP contribution in [-0.2, 0) is 16.0 Å². The van der Waals surface area contributed by atoms with E-state index in [4.69, 9.17) is 31.2 Å². The minimum Gasteiger partial charge on any atom is -0.493 e. The van der Waals surface area contributed by atoms with E-state index in [9.17, 15) is 4.79 Å². The molecule has 182 valence electrons. The highest BCUT2D eigenvalue weighted by Crippen LogP contribution is 2.31. The number of aromatic amines is 1. The van der Waals surface area contributed by atoms with E-state index < -0.39 is 0 Å². The van der Waals surface area contributed by atoms with Crippen LogP contribution in [0.15, 0.2) is 23.0 Å². The molecule has 10 heteroatoms. The lowest BCUT2D eigenvalue weighted by Gasteiger charge is -2.31. The number of fused-ring (bicyclic) bond motifs is 1. The Kier molecular flexibility index (Phi) is 9.74. The Bertz CT molecular complexity index is 977. The molecule has 0 atom stereocenters. The van der Waals surface area contributed by atoms with E-state index in [0.717, 1.165) is 44.7 Å². The van der Waals surface area contributed by atoms with Crippen molar-refractivity contribution in [2.45, 2.75) is 13.0 Å². The van der Waals surface area contributed by atoms with Crippen LogP contribution in [0.2, 0.25) is 0 Å². The molecule has 0 amide bonds. The van der Waals surface area contributed by atoms with Crippen LogP contribution in [0.3, 0.4) is 0 Å². The molecule has 1 aliphatic heterocycles. The second kappa shape index (κ2) is 12.7. The van der Waals surface area contributed by atoms with Crippen molar-refractivity contribution in [2.24, 2.45) is 0 Å². The van der Waals surface area contributed by atoms with Gasteiger partial charge in [-0.3, -0.25) is 9.69 Å². The predicted octanol–water partition coefficient (Wildman–Crippen LogP) is 1.59. The number of pyridine rings is 1. The Morgan fingerprint density at radius 3 is 2.61 bits per heavy atom. The number of H-pyrrole nitrogens is 1. The SMILES string of the molecule is COCCCNC(=S)N(CCN1CCOCC1)Cc1cc2cc(OC)c(OC)cc2[nH]c1=O. The third kappa shape index (κ3) is 7.04. The summed E-state index contributed by atoms with van der Waals surface area (Å²) < 4.78 is 21.3. The lowest BCUT2D eigenvalue weighted by atomic mass is 10.1. The molecule has 2 aromatic rings. The van der Waals surface area contributed by atoms with Gasteiger partial charge in [-0.1, -0.05) is 0 Å². The monoisotopic (exact) mass is 478 g/mol. The van der Waals surface area contributed by atoms with Gasteiger partial charge in [-0.25, -0.2) is 0 Å². The lowest BCUT2D eigenvalue weighted by molar-refractivity contribution is 0.0357. The molecule has 0 bridgehead atoms. The molecule has 3 rings (SSSR count). The topological polar surface area (TPSA) is 88.3 Å². The predicted molar refractivity (Wildman–Crippen MR) is 132 cm³/mol. The normalized spacial score (nSPS) is 14.3. The van der Waals surface area contributed by atoms with Crippen molar-refractivity contribution in [2.75, 3.05) is 73.9 Å². The summed E-state index contributed by atoms with van der Waals surface area (Å²) in [6.07, 6.45) is 0.853. The molecule has 1 aliphatic rings. The van der Waals surface area contributed by atoms with Gasteiger partial charge in [-0.05, 0) is 30.8 Å². The Balaban J connectivity index is 1.79. The van der Waals surface area contributed by atoms with Crippen molar-refractivity contribution in [3.8, 4) is 11.5 Å². The molecule has 1 aromatic heterocycles. The summed E-state index contributed by atoms with van der Waals surface area (Å²) >= 11 is 5.68. The summed E-state index contributed by atoms with van der Waals surface area (Å²) in [4.78, 5) is 20.3. The fraction of sp³-hybridized carbons (Fsp3) is 0.565. The van der Waals surface area contributed by atoms with E-state index in [2.05, 4.69) is 20.1 Å². The molecule has 0 saturated carbocycles. The zero-order valence-corrected chi connectivity index (χ0v) is 20.5. The summed E-state index contributed by atoms with van der Waals surface area (Å²) in [5.41, 5.74) is 1.19. The first-order valence-corrected chi connectivity index (χ1v) is 11.6. The van der Waals surface area contributed by atoms with E-state index >= 15 is 0 Å². The maximum absolute atomic E-state index is 12.9. The summed E-state index contributed by atoms with van der Waals surface area (Å²) in [6, 6.07) is 5.54. The number of hydrogen-bond donors (Lipinski definition) is 2. The first kappa shape index (κ1) is 25.2. The van der Waals surface area contributed by atoms with Crippen molar-refractivity contribution in [1.29, 1.82) is 0 Å². The van der Waals surface area contributed by atoms with Crippen LogP contribution in [0.1, 0.15) is 12.0 Å². The molecule has 33 heavy (non-hydrogen) atoms. The smallest absolute Gasteiger partial charge is 0.253 e. The summed E-state index contributed by atoms with van der Waals surface area (Å²) in [7, 11) is 4.85. The minimum absolute atomic E-state index is 0.145. The number of hydrogen-bond acceptors (Lipinski definition) is 7. The largest absolute Gasteiger partial charge is 0.493 e. The average Bonchev–Trinajstić information content (AvgIpc) is 2.84. The molecule has 2 heterocycles. The van der Waals surface area contributed by atoms with Crippen LogP contribution in [0.5, 0.6) is 11.5 Å². The molecular weight excluding hydrogens is 444 g/mol. The van der Waals surface area contributed by atoms with Crippen LogP contribution in [0, 0.1) is 0 Å². The van der Waals surface area contributed by atoms with E-state index in [0.29, 0.717) is 53.9 Å². The third-order valence-corrected chi connectivity index (χ3v) is 6.07. The molecular formula is C23H34N4O5S. The van der Waals surface area contributed by atoms with Gasteiger partial charge in [0.2, 0.25) is 0 Å². The van der Waals surface area contributed by atoms with Crippen LogP contribution < -0.4 is 20.3 Å². The van der Waals surface area contributed by atoms with Gasteiger partial charge < -0.3 is 34.1 Å². The van der Waals surface area contributed by atoms with Crippen molar-refractivity contribution in [3.05, 3.63) is 34.1 Å².